The van der Waals surface area contributed by atoms with Crippen LogP contribution in [0.25, 0.3) is 0 Å². The SMILES string of the molecule is CC(=O)O[C@@H]1C[C@H]2C(C)(C)C(=O)C=C[C@]2(C)[C@H]2CC[C@]3(C)C(=CC(=O)[C@]3(O)c3ccoc3)[C@@]21C. The molecule has 0 bridgehead atoms. The number of fused-ring (bicyclic) bond motifs is 5. The Morgan fingerprint density at radius 2 is 1.82 bits per heavy atom. The fraction of sp³-hybridized carbons (Fsp3) is 0.607. The quantitative estimate of drug-likeness (QED) is 0.644. The van der Waals surface area contributed by atoms with Crippen molar-refractivity contribution in [2.24, 2.45) is 33.5 Å². The van der Waals surface area contributed by atoms with Gasteiger partial charge in [0.25, 0.3) is 0 Å². The van der Waals surface area contributed by atoms with Gasteiger partial charge < -0.3 is 14.3 Å². The summed E-state index contributed by atoms with van der Waals surface area (Å²) in [5.41, 5.74) is -2.94. The molecule has 0 saturated heterocycles. The van der Waals surface area contributed by atoms with Crippen molar-refractivity contribution in [2.75, 3.05) is 0 Å². The molecule has 0 amide bonds. The summed E-state index contributed by atoms with van der Waals surface area (Å²) in [6.45, 7) is 11.6. The Labute approximate surface area is 200 Å². The van der Waals surface area contributed by atoms with E-state index in [2.05, 4.69) is 19.9 Å². The summed E-state index contributed by atoms with van der Waals surface area (Å²) < 4.78 is 11.3. The van der Waals surface area contributed by atoms with E-state index in [1.54, 1.807) is 18.2 Å². The molecule has 5 rings (SSSR count). The molecule has 7 atom stereocenters. The van der Waals surface area contributed by atoms with Crippen molar-refractivity contribution < 1.29 is 28.6 Å². The van der Waals surface area contributed by atoms with Crippen LogP contribution in [0.15, 0.2) is 46.8 Å². The second-order valence-corrected chi connectivity index (χ2v) is 12.0. The lowest BCUT2D eigenvalue weighted by molar-refractivity contribution is -0.194. The van der Waals surface area contributed by atoms with Crippen LogP contribution in [-0.4, -0.2) is 28.7 Å². The fourth-order valence-electron chi connectivity index (χ4n) is 8.41. The second-order valence-electron chi connectivity index (χ2n) is 12.0. The normalized spacial score (nSPS) is 44.7. The number of furan rings is 1. The first kappa shape index (κ1) is 23.3. The molecule has 4 aliphatic rings. The van der Waals surface area contributed by atoms with Crippen molar-refractivity contribution in [3.63, 3.8) is 0 Å². The molecule has 34 heavy (non-hydrogen) atoms. The molecule has 182 valence electrons. The third kappa shape index (κ3) is 2.53. The van der Waals surface area contributed by atoms with Crippen LogP contribution in [0.4, 0.5) is 0 Å². The molecule has 0 aromatic carbocycles. The highest BCUT2D eigenvalue weighted by Gasteiger charge is 2.72. The van der Waals surface area contributed by atoms with Crippen molar-refractivity contribution in [3.05, 3.63) is 48.0 Å². The summed E-state index contributed by atoms with van der Waals surface area (Å²) in [5.74, 6) is -0.658. The van der Waals surface area contributed by atoms with E-state index >= 15 is 0 Å². The molecule has 0 aliphatic heterocycles. The van der Waals surface area contributed by atoms with Gasteiger partial charge in [-0.3, -0.25) is 14.4 Å². The third-order valence-corrected chi connectivity index (χ3v) is 10.2. The predicted molar refractivity (Wildman–Crippen MR) is 124 cm³/mol. The Balaban J connectivity index is 1.71. The van der Waals surface area contributed by atoms with Gasteiger partial charge in [-0.2, -0.15) is 0 Å². The number of carbonyl (C=O) groups is 3. The molecule has 1 N–H and O–H groups in total. The maximum absolute atomic E-state index is 13.5. The summed E-state index contributed by atoms with van der Waals surface area (Å²) in [7, 11) is 0. The zero-order valence-corrected chi connectivity index (χ0v) is 20.8. The minimum absolute atomic E-state index is 0.0188. The van der Waals surface area contributed by atoms with Crippen LogP contribution in [0.2, 0.25) is 0 Å². The minimum atomic E-state index is -1.74. The standard InChI is InChI=1S/C28H34O6/c1-16(29)34-23-14-19-24(2,3)21(30)8-10-25(19,4)18-7-11-26(5)20(27(18,23)6)13-22(31)28(26,32)17-9-12-33-15-17/h8-10,12-13,15,18-19,23,32H,7,11,14H2,1-6H3/t18-,19+,23-,25-,26-,27-,28-/m1/s1. The van der Waals surface area contributed by atoms with E-state index in [1.807, 2.05) is 20.8 Å². The number of rotatable bonds is 2. The molecule has 0 unspecified atom stereocenters. The summed E-state index contributed by atoms with van der Waals surface area (Å²) in [4.78, 5) is 38.7. The predicted octanol–water partition coefficient (Wildman–Crippen LogP) is 4.52. The average Bonchev–Trinajstić information content (AvgIpc) is 3.35. The first-order valence-corrected chi connectivity index (χ1v) is 12.2. The van der Waals surface area contributed by atoms with Crippen LogP contribution in [0, 0.1) is 33.5 Å². The molecule has 6 heteroatoms. The molecule has 6 nitrogen and oxygen atoms in total. The van der Waals surface area contributed by atoms with Crippen molar-refractivity contribution in [1.29, 1.82) is 0 Å². The zero-order chi connectivity index (χ0) is 24.9. The minimum Gasteiger partial charge on any atom is -0.472 e. The monoisotopic (exact) mass is 466 g/mol. The number of ether oxygens (including phenoxy) is 1. The van der Waals surface area contributed by atoms with Crippen LogP contribution >= 0.6 is 0 Å². The van der Waals surface area contributed by atoms with E-state index in [4.69, 9.17) is 9.15 Å². The lowest BCUT2D eigenvalue weighted by Gasteiger charge is -2.66. The number of aliphatic hydroxyl groups is 1. The van der Waals surface area contributed by atoms with Crippen LogP contribution in [0.3, 0.4) is 0 Å². The first-order valence-electron chi connectivity index (χ1n) is 12.2. The molecular formula is C28H34O6. The van der Waals surface area contributed by atoms with Crippen LogP contribution in [0.5, 0.6) is 0 Å². The van der Waals surface area contributed by atoms with Gasteiger partial charge in [0.2, 0.25) is 0 Å². The van der Waals surface area contributed by atoms with Gasteiger partial charge in [-0.25, -0.2) is 0 Å². The van der Waals surface area contributed by atoms with Gasteiger partial charge in [0.05, 0.1) is 12.5 Å². The lowest BCUT2D eigenvalue weighted by atomic mass is 9.38. The highest BCUT2D eigenvalue weighted by Crippen LogP contribution is 2.73. The molecule has 0 spiro atoms. The van der Waals surface area contributed by atoms with Crippen molar-refractivity contribution in [2.45, 2.75) is 72.5 Å². The molecule has 2 saturated carbocycles. The van der Waals surface area contributed by atoms with E-state index in [9.17, 15) is 19.5 Å². The highest BCUT2D eigenvalue weighted by atomic mass is 16.5. The van der Waals surface area contributed by atoms with Crippen molar-refractivity contribution >= 4 is 17.5 Å². The topological polar surface area (TPSA) is 93.8 Å². The van der Waals surface area contributed by atoms with E-state index in [0.29, 0.717) is 18.4 Å². The number of allylic oxidation sites excluding steroid dienone is 2. The van der Waals surface area contributed by atoms with Crippen LogP contribution in [-0.2, 0) is 24.7 Å². The van der Waals surface area contributed by atoms with E-state index < -0.39 is 27.9 Å². The molecule has 2 fully saturated rings. The number of carbonyl (C=O) groups excluding carboxylic acids is 3. The van der Waals surface area contributed by atoms with Gasteiger partial charge in [-0.15, -0.1) is 0 Å². The molecule has 1 heterocycles. The number of ketones is 2. The Hall–Kier alpha value is -2.47. The summed E-state index contributed by atoms with van der Waals surface area (Å²) in [6.07, 6.45) is 9.58. The molecule has 4 aliphatic carbocycles. The Bertz CT molecular complexity index is 1140. The first-order chi connectivity index (χ1) is 15.7. The largest absolute Gasteiger partial charge is 0.472 e. The second kappa shape index (κ2) is 6.81. The van der Waals surface area contributed by atoms with E-state index in [0.717, 1.165) is 12.0 Å². The molecule has 1 aromatic heterocycles. The molecule has 1 aromatic rings. The smallest absolute Gasteiger partial charge is 0.302 e. The van der Waals surface area contributed by atoms with E-state index in [-0.39, 0.29) is 34.8 Å². The maximum atomic E-state index is 13.5. The Kier molecular flexibility index (Phi) is 4.66. The Morgan fingerprint density at radius 3 is 2.44 bits per heavy atom. The summed E-state index contributed by atoms with van der Waals surface area (Å²) in [5, 5.41) is 11.9. The summed E-state index contributed by atoms with van der Waals surface area (Å²) >= 11 is 0. The van der Waals surface area contributed by atoms with Gasteiger partial charge in [-0.05, 0) is 60.3 Å². The van der Waals surface area contributed by atoms with Gasteiger partial charge in [0.15, 0.2) is 17.2 Å². The zero-order valence-electron chi connectivity index (χ0n) is 20.8. The van der Waals surface area contributed by atoms with Gasteiger partial charge in [0, 0.05) is 28.7 Å². The number of hydrogen-bond donors (Lipinski definition) is 1. The molecule has 0 radical (unpaired) electrons. The molecular weight excluding hydrogens is 432 g/mol. The van der Waals surface area contributed by atoms with Crippen LogP contribution < -0.4 is 0 Å². The number of hydrogen-bond acceptors (Lipinski definition) is 6. The maximum Gasteiger partial charge on any atom is 0.302 e. The number of esters is 1. The van der Waals surface area contributed by atoms with Crippen LogP contribution in [0.1, 0.15) is 66.4 Å². The highest BCUT2D eigenvalue weighted by molar-refractivity contribution is 6.03. The van der Waals surface area contributed by atoms with Gasteiger partial charge in [0.1, 0.15) is 6.10 Å². The average molecular weight is 467 g/mol. The third-order valence-electron chi connectivity index (χ3n) is 10.2. The van der Waals surface area contributed by atoms with Gasteiger partial charge in [-0.1, -0.05) is 40.7 Å². The van der Waals surface area contributed by atoms with Crippen molar-refractivity contribution in [1.82, 2.24) is 0 Å². The van der Waals surface area contributed by atoms with Gasteiger partial charge >= 0.3 is 5.97 Å². The fourth-order valence-corrected chi connectivity index (χ4v) is 8.41. The lowest BCUT2D eigenvalue weighted by Crippen LogP contribution is -2.65. The van der Waals surface area contributed by atoms with E-state index in [1.165, 1.54) is 19.5 Å². The van der Waals surface area contributed by atoms with Crippen molar-refractivity contribution in [3.8, 4) is 0 Å². The Morgan fingerprint density at radius 1 is 1.12 bits per heavy atom. The summed E-state index contributed by atoms with van der Waals surface area (Å²) in [6, 6.07) is 1.65.